The second kappa shape index (κ2) is 8.53. The van der Waals surface area contributed by atoms with Crippen LogP contribution in [0.3, 0.4) is 0 Å². The zero-order chi connectivity index (χ0) is 22.0. The lowest BCUT2D eigenvalue weighted by molar-refractivity contribution is 0.0163. The molecule has 1 aliphatic rings. The van der Waals surface area contributed by atoms with Gasteiger partial charge in [0.1, 0.15) is 11.7 Å². The molecule has 2 heterocycles. The number of amides is 1. The van der Waals surface area contributed by atoms with E-state index in [2.05, 4.69) is 15.6 Å². The Hall–Kier alpha value is -3.15. The molecule has 0 bridgehead atoms. The number of benzene rings is 1. The smallest absolute Gasteiger partial charge is 0.273 e. The molecule has 0 aliphatic heterocycles. The number of aliphatic hydroxyl groups is 1. The van der Waals surface area contributed by atoms with Crippen molar-refractivity contribution in [1.82, 2.24) is 20.3 Å². The van der Waals surface area contributed by atoms with E-state index in [1.807, 2.05) is 25.3 Å². The van der Waals surface area contributed by atoms with Gasteiger partial charge in [-0.15, -0.1) is 0 Å². The Kier molecular flexibility index (Phi) is 5.81. The molecule has 3 aromatic rings. The molecule has 1 saturated carbocycles. The molecular formula is C22H22ClN5O3. The molecule has 1 aliphatic carbocycles. The molecule has 1 aromatic carbocycles. The molecule has 1 atom stereocenters. The third-order valence-electron chi connectivity index (χ3n) is 5.50. The lowest BCUT2D eigenvalue weighted by Gasteiger charge is -2.17. The SMILES string of the molecule is CC(Cn1ccc(-c2ccc(C#N)c(Cl)c2)n1)NC(=O)c1cc(C2(O)CCCC2)on1. The number of rotatable bonds is 6. The average molecular weight is 440 g/mol. The molecule has 1 unspecified atom stereocenters. The van der Waals surface area contributed by atoms with Gasteiger partial charge in [0.05, 0.1) is 22.8 Å². The van der Waals surface area contributed by atoms with Gasteiger partial charge in [0.2, 0.25) is 0 Å². The van der Waals surface area contributed by atoms with E-state index in [0.29, 0.717) is 35.7 Å². The molecule has 0 saturated heterocycles. The quantitative estimate of drug-likeness (QED) is 0.605. The minimum Gasteiger partial charge on any atom is -0.382 e. The fourth-order valence-electron chi connectivity index (χ4n) is 3.81. The Balaban J connectivity index is 1.38. The number of nitriles is 1. The van der Waals surface area contributed by atoms with Gasteiger partial charge in [-0.3, -0.25) is 9.48 Å². The summed E-state index contributed by atoms with van der Waals surface area (Å²) in [5.74, 6) is -0.0176. The van der Waals surface area contributed by atoms with E-state index in [-0.39, 0.29) is 17.6 Å². The predicted molar refractivity (Wildman–Crippen MR) is 113 cm³/mol. The number of halogens is 1. The monoisotopic (exact) mass is 439 g/mol. The van der Waals surface area contributed by atoms with Gasteiger partial charge in [-0.25, -0.2) is 0 Å². The minimum atomic E-state index is -1.02. The van der Waals surface area contributed by atoms with Crippen molar-refractivity contribution < 1.29 is 14.4 Å². The van der Waals surface area contributed by atoms with Crippen LogP contribution in [0.1, 0.15) is 54.4 Å². The van der Waals surface area contributed by atoms with E-state index in [1.165, 1.54) is 6.07 Å². The van der Waals surface area contributed by atoms with Gasteiger partial charge in [-0.1, -0.05) is 22.8 Å². The van der Waals surface area contributed by atoms with Crippen molar-refractivity contribution in [1.29, 1.82) is 5.26 Å². The first kappa shape index (κ1) is 21.1. The van der Waals surface area contributed by atoms with Gasteiger partial charge in [-0.05, 0) is 50.8 Å². The minimum absolute atomic E-state index is 0.149. The summed E-state index contributed by atoms with van der Waals surface area (Å²) in [7, 11) is 0. The number of carbonyl (C=O) groups is 1. The summed E-state index contributed by atoms with van der Waals surface area (Å²) < 4.78 is 6.97. The van der Waals surface area contributed by atoms with Gasteiger partial charge in [0, 0.05) is 23.9 Å². The van der Waals surface area contributed by atoms with E-state index < -0.39 is 5.60 Å². The van der Waals surface area contributed by atoms with Crippen LogP contribution in [-0.2, 0) is 12.1 Å². The van der Waals surface area contributed by atoms with Crippen LogP contribution in [0.5, 0.6) is 0 Å². The molecule has 31 heavy (non-hydrogen) atoms. The molecule has 4 rings (SSSR count). The van der Waals surface area contributed by atoms with Crippen LogP contribution in [0.15, 0.2) is 41.1 Å². The number of nitrogens with one attached hydrogen (secondary N) is 1. The van der Waals surface area contributed by atoms with Crippen molar-refractivity contribution in [2.75, 3.05) is 0 Å². The summed E-state index contributed by atoms with van der Waals surface area (Å²) in [6.07, 6.45) is 4.90. The topological polar surface area (TPSA) is 117 Å². The largest absolute Gasteiger partial charge is 0.382 e. The maximum atomic E-state index is 12.5. The third kappa shape index (κ3) is 4.48. The summed E-state index contributed by atoms with van der Waals surface area (Å²) in [5, 5.41) is 31.2. The van der Waals surface area contributed by atoms with Crippen molar-refractivity contribution in [2.24, 2.45) is 0 Å². The molecule has 2 aromatic heterocycles. The molecule has 1 amide bonds. The van der Waals surface area contributed by atoms with Crippen molar-refractivity contribution in [3.63, 3.8) is 0 Å². The van der Waals surface area contributed by atoms with E-state index in [9.17, 15) is 9.90 Å². The lowest BCUT2D eigenvalue weighted by atomic mass is 9.99. The number of hydrogen-bond donors (Lipinski definition) is 2. The molecule has 160 valence electrons. The van der Waals surface area contributed by atoms with E-state index in [0.717, 1.165) is 24.1 Å². The summed E-state index contributed by atoms with van der Waals surface area (Å²) in [6.45, 7) is 2.31. The highest BCUT2D eigenvalue weighted by molar-refractivity contribution is 6.32. The van der Waals surface area contributed by atoms with E-state index >= 15 is 0 Å². The van der Waals surface area contributed by atoms with Crippen molar-refractivity contribution >= 4 is 17.5 Å². The summed E-state index contributed by atoms with van der Waals surface area (Å²) >= 11 is 6.10. The van der Waals surface area contributed by atoms with Crippen LogP contribution < -0.4 is 5.32 Å². The number of hydrogen-bond acceptors (Lipinski definition) is 6. The standard InChI is InChI=1S/C22H22ClN5O3/c1-14(25-21(29)19-11-20(31-27-19)22(30)7-2-3-8-22)13-28-9-6-18(26-28)15-4-5-16(12-24)17(23)10-15/h4-6,9-11,14,30H,2-3,7-8,13H2,1H3,(H,25,29). The lowest BCUT2D eigenvalue weighted by Crippen LogP contribution is -2.36. The summed E-state index contributed by atoms with van der Waals surface area (Å²) in [4.78, 5) is 12.5. The van der Waals surface area contributed by atoms with Crippen molar-refractivity contribution in [2.45, 2.75) is 50.8 Å². The molecule has 9 heteroatoms. The predicted octanol–water partition coefficient (Wildman–Crippen LogP) is 3.64. The molecule has 0 spiro atoms. The highest BCUT2D eigenvalue weighted by Gasteiger charge is 2.37. The third-order valence-corrected chi connectivity index (χ3v) is 5.81. The van der Waals surface area contributed by atoms with E-state index in [1.54, 1.807) is 22.9 Å². The second-order valence-electron chi connectivity index (χ2n) is 7.92. The fourth-order valence-corrected chi connectivity index (χ4v) is 4.04. The number of aromatic nitrogens is 3. The summed E-state index contributed by atoms with van der Waals surface area (Å²) in [6, 6.07) is 10.3. The Bertz CT molecular complexity index is 1140. The van der Waals surface area contributed by atoms with Crippen LogP contribution in [0.4, 0.5) is 0 Å². The Morgan fingerprint density at radius 2 is 2.16 bits per heavy atom. The van der Waals surface area contributed by atoms with Crippen LogP contribution in [-0.4, -0.2) is 32.0 Å². The molecule has 0 radical (unpaired) electrons. The molecule has 1 fully saturated rings. The number of nitrogens with zero attached hydrogens (tertiary/aromatic N) is 4. The Labute approximate surface area is 184 Å². The van der Waals surface area contributed by atoms with E-state index in [4.69, 9.17) is 21.4 Å². The van der Waals surface area contributed by atoms with Gasteiger partial charge in [-0.2, -0.15) is 10.4 Å². The van der Waals surface area contributed by atoms with Crippen molar-refractivity contribution in [3.8, 4) is 17.3 Å². The first-order valence-electron chi connectivity index (χ1n) is 10.1. The van der Waals surface area contributed by atoms with Crippen LogP contribution in [0.2, 0.25) is 5.02 Å². The van der Waals surface area contributed by atoms with Crippen molar-refractivity contribution in [3.05, 3.63) is 58.6 Å². The molecular weight excluding hydrogens is 418 g/mol. The van der Waals surface area contributed by atoms with Gasteiger partial charge >= 0.3 is 0 Å². The van der Waals surface area contributed by atoms with Crippen LogP contribution >= 0.6 is 11.6 Å². The van der Waals surface area contributed by atoms with Gasteiger partial charge in [0.15, 0.2) is 11.5 Å². The van der Waals surface area contributed by atoms with Gasteiger partial charge < -0.3 is 14.9 Å². The Morgan fingerprint density at radius 1 is 1.39 bits per heavy atom. The average Bonchev–Trinajstić information content (AvgIpc) is 3.49. The maximum absolute atomic E-state index is 12.5. The fraction of sp³-hybridized carbons (Fsp3) is 0.364. The highest BCUT2D eigenvalue weighted by Crippen LogP contribution is 2.38. The number of carbonyl (C=O) groups excluding carboxylic acids is 1. The normalized spacial score (nSPS) is 16.1. The zero-order valence-corrected chi connectivity index (χ0v) is 17.8. The summed E-state index contributed by atoms with van der Waals surface area (Å²) in [5.41, 5.74) is 1.07. The molecule has 2 N–H and O–H groups in total. The van der Waals surface area contributed by atoms with Crippen LogP contribution in [0, 0.1) is 11.3 Å². The first-order valence-corrected chi connectivity index (χ1v) is 10.5. The highest BCUT2D eigenvalue weighted by atomic mass is 35.5. The first-order chi connectivity index (χ1) is 14.9. The van der Waals surface area contributed by atoms with Crippen LogP contribution in [0.25, 0.3) is 11.3 Å². The molecule has 8 nitrogen and oxygen atoms in total. The second-order valence-corrected chi connectivity index (χ2v) is 8.33. The van der Waals surface area contributed by atoms with Gasteiger partial charge in [0.25, 0.3) is 5.91 Å². The Morgan fingerprint density at radius 3 is 2.87 bits per heavy atom. The zero-order valence-electron chi connectivity index (χ0n) is 17.0. The maximum Gasteiger partial charge on any atom is 0.273 e.